The van der Waals surface area contributed by atoms with Crippen molar-refractivity contribution in [2.24, 2.45) is 0 Å². The van der Waals surface area contributed by atoms with Crippen molar-refractivity contribution in [3.05, 3.63) is 23.3 Å². The lowest BCUT2D eigenvalue weighted by Gasteiger charge is -2.31. The highest BCUT2D eigenvalue weighted by Gasteiger charge is 2.20. The fourth-order valence-corrected chi connectivity index (χ4v) is 2.62. The number of hydrogen-bond acceptors (Lipinski definition) is 6. The first-order valence-electron chi connectivity index (χ1n) is 7.79. The molecular formula is C17H26N2O4. The summed E-state index contributed by atoms with van der Waals surface area (Å²) in [5.74, 6) is -0.300. The quantitative estimate of drug-likeness (QED) is 0.423. The van der Waals surface area contributed by atoms with E-state index in [1.165, 1.54) is 0 Å². The van der Waals surface area contributed by atoms with Gasteiger partial charge >= 0.3 is 5.97 Å². The molecule has 6 nitrogen and oxygen atoms in total. The number of likely N-dealkylation sites (N-methyl/N-ethyl adjacent to an activating group) is 1. The van der Waals surface area contributed by atoms with E-state index in [4.69, 9.17) is 4.74 Å². The van der Waals surface area contributed by atoms with E-state index in [1.54, 1.807) is 11.8 Å². The predicted octanol–water partition coefficient (Wildman–Crippen LogP) is 1.65. The first-order valence-corrected chi connectivity index (χ1v) is 7.79. The van der Waals surface area contributed by atoms with Crippen LogP contribution in [0.5, 0.6) is 0 Å². The van der Waals surface area contributed by atoms with Crippen LogP contribution in [-0.4, -0.2) is 50.3 Å². The lowest BCUT2D eigenvalue weighted by atomic mass is 10.1. The number of carbonyl (C=O) groups is 2. The second kappa shape index (κ2) is 9.15. The number of ether oxygens (including phenoxy) is 1. The first-order chi connectivity index (χ1) is 11.0. The minimum absolute atomic E-state index is 0.0867. The molecule has 0 unspecified atom stereocenters. The molecule has 0 heterocycles. The van der Waals surface area contributed by atoms with E-state index < -0.39 is 0 Å². The molecule has 0 fully saturated rings. The SMILES string of the molecule is CCOC(=O)CN(CC)c1c(C)cc(C)cc1N(CO)CC=O. The van der Waals surface area contributed by atoms with Crippen LogP contribution in [0.25, 0.3) is 0 Å². The molecule has 0 aliphatic carbocycles. The summed E-state index contributed by atoms with van der Waals surface area (Å²) in [5, 5.41) is 9.59. The molecule has 0 bridgehead atoms. The van der Waals surface area contributed by atoms with Gasteiger partial charge in [-0.05, 0) is 44.9 Å². The van der Waals surface area contributed by atoms with Crippen molar-refractivity contribution < 1.29 is 19.4 Å². The molecule has 1 aromatic carbocycles. The Hall–Kier alpha value is -2.08. The van der Waals surface area contributed by atoms with Gasteiger partial charge in [0.05, 0.1) is 24.5 Å². The number of aliphatic hydroxyl groups is 1. The Morgan fingerprint density at radius 2 is 1.96 bits per heavy atom. The molecule has 0 radical (unpaired) electrons. The molecule has 128 valence electrons. The second-order valence-electron chi connectivity index (χ2n) is 5.30. The molecule has 0 aliphatic heterocycles. The Bertz CT molecular complexity index is 546. The van der Waals surface area contributed by atoms with Gasteiger partial charge in [-0.3, -0.25) is 4.79 Å². The molecule has 0 aliphatic rings. The highest BCUT2D eigenvalue weighted by molar-refractivity contribution is 5.82. The van der Waals surface area contributed by atoms with Crippen molar-refractivity contribution in [1.82, 2.24) is 0 Å². The molecular weight excluding hydrogens is 296 g/mol. The molecule has 0 saturated heterocycles. The third-order valence-corrected chi connectivity index (χ3v) is 3.55. The molecule has 1 N–H and O–H groups in total. The molecule has 23 heavy (non-hydrogen) atoms. The summed E-state index contributed by atoms with van der Waals surface area (Å²) < 4.78 is 5.03. The van der Waals surface area contributed by atoms with Crippen LogP contribution in [0.2, 0.25) is 0 Å². The number of aldehydes is 1. The Labute approximate surface area is 137 Å². The highest BCUT2D eigenvalue weighted by atomic mass is 16.5. The number of esters is 1. The topological polar surface area (TPSA) is 70.1 Å². The third kappa shape index (κ3) is 4.96. The molecule has 1 rings (SSSR count). The smallest absolute Gasteiger partial charge is 0.325 e. The van der Waals surface area contributed by atoms with Crippen LogP contribution < -0.4 is 9.80 Å². The van der Waals surface area contributed by atoms with Gasteiger partial charge in [-0.2, -0.15) is 0 Å². The minimum atomic E-state index is -0.300. The van der Waals surface area contributed by atoms with Crippen LogP contribution in [0.4, 0.5) is 11.4 Å². The van der Waals surface area contributed by atoms with Crippen molar-refractivity contribution in [3.8, 4) is 0 Å². The Morgan fingerprint density at radius 1 is 1.26 bits per heavy atom. The fourth-order valence-electron chi connectivity index (χ4n) is 2.62. The molecule has 6 heteroatoms. The zero-order valence-electron chi connectivity index (χ0n) is 14.3. The van der Waals surface area contributed by atoms with Crippen LogP contribution in [0.1, 0.15) is 25.0 Å². The van der Waals surface area contributed by atoms with E-state index in [9.17, 15) is 14.7 Å². The number of rotatable bonds is 9. The van der Waals surface area contributed by atoms with Crippen molar-refractivity contribution in [2.45, 2.75) is 27.7 Å². The summed E-state index contributed by atoms with van der Waals surface area (Å²) in [6.45, 7) is 8.52. The van der Waals surface area contributed by atoms with Crippen molar-refractivity contribution in [2.75, 3.05) is 42.8 Å². The van der Waals surface area contributed by atoms with Gasteiger partial charge in [0.15, 0.2) is 0 Å². The van der Waals surface area contributed by atoms with Gasteiger partial charge in [-0.15, -0.1) is 0 Å². The number of carbonyl (C=O) groups excluding carboxylic acids is 2. The highest BCUT2D eigenvalue weighted by Crippen LogP contribution is 2.34. The maximum Gasteiger partial charge on any atom is 0.325 e. The van der Waals surface area contributed by atoms with Gasteiger partial charge in [0.25, 0.3) is 0 Å². The Kier molecular flexibility index (Phi) is 7.54. The summed E-state index contributed by atoms with van der Waals surface area (Å²) in [4.78, 5) is 26.2. The lowest BCUT2D eigenvalue weighted by molar-refractivity contribution is -0.141. The van der Waals surface area contributed by atoms with E-state index in [1.807, 2.05) is 37.8 Å². The largest absolute Gasteiger partial charge is 0.465 e. The van der Waals surface area contributed by atoms with Gasteiger partial charge in [-0.25, -0.2) is 0 Å². The summed E-state index contributed by atoms with van der Waals surface area (Å²) >= 11 is 0. The van der Waals surface area contributed by atoms with Crippen molar-refractivity contribution >= 4 is 23.6 Å². The summed E-state index contributed by atoms with van der Waals surface area (Å²) in [6, 6.07) is 3.93. The molecule has 0 saturated carbocycles. The van der Waals surface area contributed by atoms with Gasteiger partial charge < -0.3 is 24.4 Å². The van der Waals surface area contributed by atoms with Gasteiger partial charge in [0.2, 0.25) is 0 Å². The fraction of sp³-hybridized carbons (Fsp3) is 0.529. The molecule has 0 atom stereocenters. The normalized spacial score (nSPS) is 10.3. The number of benzene rings is 1. The van der Waals surface area contributed by atoms with Crippen LogP contribution in [0.3, 0.4) is 0 Å². The number of aliphatic hydroxyl groups excluding tert-OH is 1. The summed E-state index contributed by atoms with van der Waals surface area (Å²) in [5.41, 5.74) is 3.58. The van der Waals surface area contributed by atoms with E-state index >= 15 is 0 Å². The zero-order valence-corrected chi connectivity index (χ0v) is 14.3. The van der Waals surface area contributed by atoms with Crippen LogP contribution in [-0.2, 0) is 14.3 Å². The Morgan fingerprint density at radius 3 is 2.48 bits per heavy atom. The van der Waals surface area contributed by atoms with Crippen molar-refractivity contribution in [1.29, 1.82) is 0 Å². The second-order valence-corrected chi connectivity index (χ2v) is 5.30. The van der Waals surface area contributed by atoms with Crippen LogP contribution in [0, 0.1) is 13.8 Å². The predicted molar refractivity (Wildman–Crippen MR) is 90.9 cm³/mol. The zero-order chi connectivity index (χ0) is 17.4. The average molecular weight is 322 g/mol. The lowest BCUT2D eigenvalue weighted by Crippen LogP contribution is -2.34. The van der Waals surface area contributed by atoms with Crippen molar-refractivity contribution in [3.63, 3.8) is 0 Å². The molecule has 0 spiro atoms. The number of nitrogens with zero attached hydrogens (tertiary/aromatic N) is 2. The summed E-state index contributed by atoms with van der Waals surface area (Å²) in [7, 11) is 0. The van der Waals surface area contributed by atoms with E-state index in [2.05, 4.69) is 0 Å². The standard InChI is InChI=1S/C17H26N2O4/c1-5-18(11-16(22)23-6-2)17-14(4)9-13(3)10-15(17)19(12-21)7-8-20/h8-10,21H,5-7,11-12H2,1-4H3. The number of aryl methyl sites for hydroxylation is 2. The Balaban J connectivity index is 3.30. The maximum absolute atomic E-state index is 11.9. The van der Waals surface area contributed by atoms with E-state index in [0.717, 1.165) is 28.8 Å². The first kappa shape index (κ1) is 19.0. The third-order valence-electron chi connectivity index (χ3n) is 3.55. The van der Waals surface area contributed by atoms with Gasteiger partial charge in [0.1, 0.15) is 19.6 Å². The molecule has 1 aromatic rings. The molecule has 0 aromatic heterocycles. The maximum atomic E-state index is 11.9. The number of anilines is 2. The average Bonchev–Trinajstić information content (AvgIpc) is 2.50. The summed E-state index contributed by atoms with van der Waals surface area (Å²) in [6.07, 6.45) is 0.749. The van der Waals surface area contributed by atoms with Gasteiger partial charge in [-0.1, -0.05) is 6.07 Å². The van der Waals surface area contributed by atoms with Crippen LogP contribution >= 0.6 is 0 Å². The number of hydrogen-bond donors (Lipinski definition) is 1. The monoisotopic (exact) mass is 322 g/mol. The van der Waals surface area contributed by atoms with Crippen LogP contribution in [0.15, 0.2) is 12.1 Å². The van der Waals surface area contributed by atoms with E-state index in [0.29, 0.717) is 13.2 Å². The van der Waals surface area contributed by atoms with E-state index in [-0.39, 0.29) is 25.8 Å². The molecule has 0 amide bonds. The van der Waals surface area contributed by atoms with Gasteiger partial charge in [0, 0.05) is 6.54 Å². The minimum Gasteiger partial charge on any atom is -0.465 e.